The van der Waals surface area contributed by atoms with Crippen molar-refractivity contribution in [3.05, 3.63) is 47.9 Å². The van der Waals surface area contributed by atoms with Crippen LogP contribution >= 0.6 is 0 Å². The molecule has 0 spiro atoms. The number of nitrogens with one attached hydrogen (secondary N) is 1. The molecule has 0 radical (unpaired) electrons. The Bertz CT molecular complexity index is 1360. The Kier molecular flexibility index (Phi) is 4.41. The fourth-order valence-electron chi connectivity index (χ4n) is 4.76. The first kappa shape index (κ1) is 19.2. The van der Waals surface area contributed by atoms with Crippen molar-refractivity contribution in [1.29, 1.82) is 0 Å². The molecule has 1 fully saturated rings. The predicted octanol–water partition coefficient (Wildman–Crippen LogP) is 2.98. The monoisotopic (exact) mass is 424 g/mol. The molecule has 156 valence electrons. The molecule has 1 saturated carbocycles. The highest BCUT2D eigenvalue weighted by atomic mass is 32.2. The number of aromatic amines is 1. The van der Waals surface area contributed by atoms with Crippen molar-refractivity contribution >= 4 is 26.6 Å². The number of nitrogens with zero attached hydrogens (tertiary/aromatic N) is 4. The number of fused-ring (bicyclic) bond motifs is 3. The zero-order chi connectivity index (χ0) is 21.0. The Morgan fingerprint density at radius 1 is 1.20 bits per heavy atom. The van der Waals surface area contributed by atoms with Gasteiger partial charge >= 0.3 is 0 Å². The summed E-state index contributed by atoms with van der Waals surface area (Å²) in [6, 6.07) is 8.90. The first-order valence-corrected chi connectivity index (χ1v) is 11.7. The summed E-state index contributed by atoms with van der Waals surface area (Å²) in [6.07, 6.45) is 4.49. The molecule has 1 aliphatic rings. The van der Waals surface area contributed by atoms with Crippen LogP contribution in [-0.2, 0) is 9.84 Å². The van der Waals surface area contributed by atoms with Crippen molar-refractivity contribution < 1.29 is 8.42 Å². The molecular weight excluding hydrogens is 400 g/mol. The largest absolute Gasteiger partial charge is 0.345 e. The summed E-state index contributed by atoms with van der Waals surface area (Å²) in [6.45, 7) is 3.93. The fraction of sp³-hybridized carbons (Fsp3) is 0.381. The highest BCUT2D eigenvalue weighted by Crippen LogP contribution is 2.41. The van der Waals surface area contributed by atoms with Crippen molar-refractivity contribution in [2.75, 3.05) is 0 Å². The molecular formula is C21H24N6O2S. The third-order valence-electron chi connectivity index (χ3n) is 6.26. The van der Waals surface area contributed by atoms with Gasteiger partial charge in [0.1, 0.15) is 5.82 Å². The van der Waals surface area contributed by atoms with E-state index in [4.69, 9.17) is 5.73 Å². The van der Waals surface area contributed by atoms with Crippen LogP contribution in [0, 0.1) is 12.8 Å². The number of aryl methyl sites for hydroxylation is 1. The number of rotatable bonds is 4. The van der Waals surface area contributed by atoms with E-state index in [1.807, 2.05) is 16.5 Å². The Balaban J connectivity index is 1.79. The summed E-state index contributed by atoms with van der Waals surface area (Å²) < 4.78 is 29.0. The molecule has 0 aliphatic heterocycles. The molecule has 3 heterocycles. The summed E-state index contributed by atoms with van der Waals surface area (Å²) in [5, 5.41) is 8.71. The van der Waals surface area contributed by atoms with Gasteiger partial charge in [0.15, 0.2) is 11.3 Å². The molecule has 0 bridgehead atoms. The Labute approximate surface area is 174 Å². The van der Waals surface area contributed by atoms with E-state index in [9.17, 15) is 8.42 Å². The van der Waals surface area contributed by atoms with Gasteiger partial charge in [-0.25, -0.2) is 13.4 Å². The predicted molar refractivity (Wildman–Crippen MR) is 113 cm³/mol. The molecule has 1 aliphatic carbocycles. The first-order chi connectivity index (χ1) is 14.4. The standard InChI is InChI=1S/C21H24N6O2S/c1-3-13-10-14(22)11-15(13)19-25-26-20-21(24-18-16(27(19)20)8-9-23-18)30(28,29)17-7-5-4-6-12(17)2/h4-9,13-15,23H,3,10-11,22H2,1-2H3. The highest BCUT2D eigenvalue weighted by Gasteiger charge is 2.37. The van der Waals surface area contributed by atoms with E-state index in [0.717, 1.165) is 30.6 Å². The van der Waals surface area contributed by atoms with Gasteiger partial charge in [-0.2, -0.15) is 0 Å². The normalized spacial score (nSPS) is 22.3. The van der Waals surface area contributed by atoms with E-state index in [1.165, 1.54) is 0 Å². The van der Waals surface area contributed by atoms with Gasteiger partial charge in [-0.15, -0.1) is 10.2 Å². The van der Waals surface area contributed by atoms with Crippen molar-refractivity contribution in [3.63, 3.8) is 0 Å². The molecule has 3 N–H and O–H groups in total. The van der Waals surface area contributed by atoms with Crippen molar-refractivity contribution in [3.8, 4) is 0 Å². The lowest BCUT2D eigenvalue weighted by atomic mass is 9.93. The number of H-pyrrole nitrogens is 1. The summed E-state index contributed by atoms with van der Waals surface area (Å²) in [5.41, 5.74) is 8.44. The van der Waals surface area contributed by atoms with Crippen LogP contribution in [-0.4, -0.2) is 39.0 Å². The molecule has 3 unspecified atom stereocenters. The topological polar surface area (TPSA) is 119 Å². The zero-order valence-electron chi connectivity index (χ0n) is 16.9. The summed E-state index contributed by atoms with van der Waals surface area (Å²) in [7, 11) is -3.88. The van der Waals surface area contributed by atoms with E-state index in [1.54, 1.807) is 31.3 Å². The lowest BCUT2D eigenvalue weighted by Crippen LogP contribution is -2.15. The van der Waals surface area contributed by atoms with Gasteiger partial charge in [-0.3, -0.25) is 4.40 Å². The third-order valence-corrected chi connectivity index (χ3v) is 8.08. The Hall–Kier alpha value is -2.78. The second-order valence-electron chi connectivity index (χ2n) is 8.12. The lowest BCUT2D eigenvalue weighted by Gasteiger charge is -2.16. The summed E-state index contributed by atoms with van der Waals surface area (Å²) in [4.78, 5) is 7.74. The number of sulfone groups is 1. The van der Waals surface area contributed by atoms with Gasteiger partial charge in [-0.1, -0.05) is 31.5 Å². The van der Waals surface area contributed by atoms with Gasteiger partial charge in [0.25, 0.3) is 0 Å². The number of hydrogen-bond donors (Lipinski definition) is 2. The molecule has 4 aromatic rings. The SMILES string of the molecule is CCC1CC(N)CC1c1nnc2c(S(=O)(=O)c3ccccc3C)nc3[nH]ccc3n12. The van der Waals surface area contributed by atoms with E-state index in [0.29, 0.717) is 17.1 Å². The van der Waals surface area contributed by atoms with E-state index >= 15 is 0 Å². The van der Waals surface area contributed by atoms with Crippen LogP contribution in [0.15, 0.2) is 46.5 Å². The van der Waals surface area contributed by atoms with Crippen molar-refractivity contribution in [2.45, 2.75) is 55.0 Å². The summed E-state index contributed by atoms with van der Waals surface area (Å²) in [5.74, 6) is 1.29. The maximum atomic E-state index is 13.6. The molecule has 0 saturated heterocycles. The smallest absolute Gasteiger partial charge is 0.228 e. The zero-order valence-corrected chi connectivity index (χ0v) is 17.7. The van der Waals surface area contributed by atoms with E-state index in [2.05, 4.69) is 27.1 Å². The molecule has 0 amide bonds. The first-order valence-electron chi connectivity index (χ1n) is 10.2. The highest BCUT2D eigenvalue weighted by molar-refractivity contribution is 7.91. The number of aromatic nitrogens is 5. The Morgan fingerprint density at radius 3 is 2.77 bits per heavy atom. The fourth-order valence-corrected chi connectivity index (χ4v) is 6.31. The van der Waals surface area contributed by atoms with Gasteiger partial charge in [0.05, 0.1) is 10.4 Å². The molecule has 3 atom stereocenters. The minimum Gasteiger partial charge on any atom is -0.345 e. The third kappa shape index (κ3) is 2.76. The number of nitrogens with two attached hydrogens (primary N) is 1. The van der Waals surface area contributed by atoms with Gasteiger partial charge in [0.2, 0.25) is 14.9 Å². The number of benzene rings is 1. The van der Waals surface area contributed by atoms with Crippen LogP contribution in [0.4, 0.5) is 0 Å². The van der Waals surface area contributed by atoms with Crippen molar-refractivity contribution in [2.24, 2.45) is 11.7 Å². The number of hydrogen-bond acceptors (Lipinski definition) is 6. The molecule has 1 aromatic carbocycles. The molecule has 9 heteroatoms. The van der Waals surface area contributed by atoms with Crippen LogP contribution in [0.1, 0.15) is 43.5 Å². The average Bonchev–Trinajstić information content (AvgIpc) is 3.44. The van der Waals surface area contributed by atoms with Crippen LogP contribution < -0.4 is 5.73 Å². The van der Waals surface area contributed by atoms with Crippen molar-refractivity contribution in [1.82, 2.24) is 24.6 Å². The Morgan fingerprint density at radius 2 is 2.00 bits per heavy atom. The average molecular weight is 425 g/mol. The minimum atomic E-state index is -3.88. The second-order valence-corrected chi connectivity index (χ2v) is 9.95. The molecule has 5 rings (SSSR count). The molecule has 30 heavy (non-hydrogen) atoms. The van der Waals surface area contributed by atoms with E-state index < -0.39 is 9.84 Å². The minimum absolute atomic E-state index is 0.0826. The van der Waals surface area contributed by atoms with E-state index in [-0.39, 0.29) is 27.5 Å². The maximum absolute atomic E-state index is 13.6. The van der Waals surface area contributed by atoms with Crippen LogP contribution in [0.25, 0.3) is 16.8 Å². The molecule has 3 aromatic heterocycles. The second kappa shape index (κ2) is 6.88. The molecule has 8 nitrogen and oxygen atoms in total. The van der Waals surface area contributed by atoms with Crippen LogP contribution in [0.3, 0.4) is 0 Å². The van der Waals surface area contributed by atoms with Crippen LogP contribution in [0.2, 0.25) is 0 Å². The van der Waals surface area contributed by atoms with Gasteiger partial charge in [0, 0.05) is 18.2 Å². The van der Waals surface area contributed by atoms with Crippen LogP contribution in [0.5, 0.6) is 0 Å². The maximum Gasteiger partial charge on any atom is 0.228 e. The lowest BCUT2D eigenvalue weighted by molar-refractivity contribution is 0.450. The van der Waals surface area contributed by atoms with Gasteiger partial charge < -0.3 is 10.7 Å². The summed E-state index contributed by atoms with van der Waals surface area (Å²) >= 11 is 0. The van der Waals surface area contributed by atoms with Gasteiger partial charge in [-0.05, 0) is 43.4 Å². The quantitative estimate of drug-likeness (QED) is 0.520.